The lowest BCUT2D eigenvalue weighted by Gasteiger charge is -2.11. The smallest absolute Gasteiger partial charge is 0.0824 e. The first-order valence-corrected chi connectivity index (χ1v) is 8.48. The van der Waals surface area contributed by atoms with Gasteiger partial charge in [0, 0.05) is 5.92 Å². The van der Waals surface area contributed by atoms with Gasteiger partial charge in [-0.15, -0.1) is 0 Å². The Hall–Kier alpha value is -2.16. The monoisotopic (exact) mass is 320 g/mol. The second-order valence-corrected chi connectivity index (χ2v) is 6.23. The normalized spacial score (nSPS) is 21.2. The van der Waals surface area contributed by atoms with E-state index < -0.39 is 6.10 Å². The Bertz CT molecular complexity index is 701. The van der Waals surface area contributed by atoms with Gasteiger partial charge in [-0.2, -0.15) is 0 Å². The van der Waals surface area contributed by atoms with Gasteiger partial charge in [-0.05, 0) is 35.6 Å². The lowest BCUT2D eigenvalue weighted by molar-refractivity contribution is 0.181. The molecule has 2 heteroatoms. The second kappa shape index (κ2) is 8.09. The summed E-state index contributed by atoms with van der Waals surface area (Å²) < 4.78 is 5.68. The van der Waals surface area contributed by atoms with Gasteiger partial charge in [-0.1, -0.05) is 72.8 Å². The minimum atomic E-state index is -0.451. The molecule has 1 fully saturated rings. The van der Waals surface area contributed by atoms with Crippen LogP contribution in [-0.4, -0.2) is 18.3 Å². The topological polar surface area (TPSA) is 29.5 Å². The van der Waals surface area contributed by atoms with Gasteiger partial charge in [0.05, 0.1) is 19.3 Å². The highest BCUT2D eigenvalue weighted by molar-refractivity contribution is 5.68. The van der Waals surface area contributed by atoms with Crippen molar-refractivity contribution in [3.05, 3.63) is 89.5 Å². The molecule has 3 rings (SSSR count). The summed E-state index contributed by atoms with van der Waals surface area (Å²) in [6.07, 6.45) is 4.43. The van der Waals surface area contributed by atoms with Crippen LogP contribution in [0.25, 0.3) is 5.57 Å². The molecular formula is C22H24O2. The number of hydrogen-bond donors (Lipinski definition) is 1. The van der Waals surface area contributed by atoms with Crippen LogP contribution in [0, 0.1) is 5.92 Å². The summed E-state index contributed by atoms with van der Waals surface area (Å²) in [6, 6.07) is 20.2. The molecule has 24 heavy (non-hydrogen) atoms. The number of benzene rings is 2. The van der Waals surface area contributed by atoms with E-state index in [1.165, 1.54) is 16.7 Å². The van der Waals surface area contributed by atoms with Gasteiger partial charge in [-0.25, -0.2) is 0 Å². The summed E-state index contributed by atoms with van der Waals surface area (Å²) in [5, 5.41) is 10.3. The molecule has 0 radical (unpaired) electrons. The lowest BCUT2D eigenvalue weighted by Crippen LogP contribution is -2.01. The molecule has 124 valence electrons. The van der Waals surface area contributed by atoms with Crippen molar-refractivity contribution in [2.24, 2.45) is 5.92 Å². The Kier molecular flexibility index (Phi) is 5.63. The van der Waals surface area contributed by atoms with Gasteiger partial charge in [0.1, 0.15) is 0 Å². The molecule has 1 saturated heterocycles. The predicted molar refractivity (Wildman–Crippen MR) is 98.5 cm³/mol. The maximum atomic E-state index is 10.3. The summed E-state index contributed by atoms with van der Waals surface area (Å²) >= 11 is 0. The standard InChI is InChI=1S/C22H24O2/c1-17(18-9-4-2-5-10-18)21-16-24-15-20(21)13-8-14-22(23)19-11-6-3-7-12-19/h2-13,20,22-23H,14-16H2,1H3/b13-8+,21-17+/t20-,22+/m0/s1. The zero-order chi connectivity index (χ0) is 16.8. The highest BCUT2D eigenvalue weighted by atomic mass is 16.5. The fraction of sp³-hybridized carbons (Fsp3) is 0.273. The zero-order valence-electron chi connectivity index (χ0n) is 14.1. The first-order chi connectivity index (χ1) is 11.8. The van der Waals surface area contributed by atoms with Crippen molar-refractivity contribution >= 4 is 5.57 Å². The van der Waals surface area contributed by atoms with Gasteiger partial charge in [0.25, 0.3) is 0 Å². The summed E-state index contributed by atoms with van der Waals surface area (Å²) in [6.45, 7) is 3.58. The van der Waals surface area contributed by atoms with Crippen molar-refractivity contribution in [3.63, 3.8) is 0 Å². The molecule has 2 nitrogen and oxygen atoms in total. The quantitative estimate of drug-likeness (QED) is 0.803. The largest absolute Gasteiger partial charge is 0.388 e. The van der Waals surface area contributed by atoms with Gasteiger partial charge < -0.3 is 9.84 Å². The third-order valence-electron chi connectivity index (χ3n) is 4.60. The van der Waals surface area contributed by atoms with Crippen molar-refractivity contribution in [3.8, 4) is 0 Å². The number of rotatable bonds is 5. The highest BCUT2D eigenvalue weighted by Gasteiger charge is 2.21. The Balaban J connectivity index is 1.68. The van der Waals surface area contributed by atoms with Crippen molar-refractivity contribution in [2.45, 2.75) is 19.4 Å². The van der Waals surface area contributed by atoms with Gasteiger partial charge in [0.15, 0.2) is 0 Å². The minimum Gasteiger partial charge on any atom is -0.388 e. The van der Waals surface area contributed by atoms with E-state index in [1.54, 1.807) is 0 Å². The van der Waals surface area contributed by atoms with Crippen LogP contribution in [0.3, 0.4) is 0 Å². The molecule has 0 unspecified atom stereocenters. The van der Waals surface area contributed by atoms with E-state index in [1.807, 2.05) is 36.4 Å². The molecule has 0 saturated carbocycles. The Morgan fingerprint density at radius 2 is 1.79 bits per heavy atom. The Morgan fingerprint density at radius 3 is 2.50 bits per heavy atom. The second-order valence-electron chi connectivity index (χ2n) is 6.23. The molecule has 0 aliphatic carbocycles. The molecular weight excluding hydrogens is 296 g/mol. The molecule has 1 N–H and O–H groups in total. The van der Waals surface area contributed by atoms with E-state index in [9.17, 15) is 5.11 Å². The maximum Gasteiger partial charge on any atom is 0.0824 e. The van der Waals surface area contributed by atoms with Crippen LogP contribution in [-0.2, 0) is 4.74 Å². The molecule has 2 aromatic carbocycles. The first-order valence-electron chi connectivity index (χ1n) is 8.48. The fourth-order valence-corrected chi connectivity index (χ4v) is 3.12. The average Bonchev–Trinajstić information content (AvgIpc) is 3.11. The number of aliphatic hydroxyl groups is 1. The molecule has 1 heterocycles. The average molecular weight is 320 g/mol. The van der Waals surface area contributed by atoms with Crippen LogP contribution in [0.1, 0.15) is 30.6 Å². The Morgan fingerprint density at radius 1 is 1.12 bits per heavy atom. The molecule has 0 aromatic heterocycles. The SMILES string of the molecule is C/C(=C1/COC[C@@H]1/C=C/C[C@@H](O)c1ccccc1)c1ccccc1. The maximum absolute atomic E-state index is 10.3. The van der Waals surface area contributed by atoms with Crippen molar-refractivity contribution < 1.29 is 9.84 Å². The van der Waals surface area contributed by atoms with Crippen LogP contribution in [0.15, 0.2) is 78.4 Å². The van der Waals surface area contributed by atoms with Gasteiger partial charge in [-0.3, -0.25) is 0 Å². The van der Waals surface area contributed by atoms with Crippen LogP contribution < -0.4 is 0 Å². The van der Waals surface area contributed by atoms with Crippen molar-refractivity contribution in [2.75, 3.05) is 13.2 Å². The third-order valence-corrected chi connectivity index (χ3v) is 4.60. The number of hydrogen-bond acceptors (Lipinski definition) is 2. The molecule has 1 aliphatic heterocycles. The number of aliphatic hydroxyl groups excluding tert-OH is 1. The number of ether oxygens (including phenoxy) is 1. The molecule has 0 amide bonds. The summed E-state index contributed by atoms with van der Waals surface area (Å²) in [5.41, 5.74) is 4.85. The predicted octanol–water partition coefficient (Wildman–Crippen LogP) is 4.79. The summed E-state index contributed by atoms with van der Waals surface area (Å²) in [7, 11) is 0. The lowest BCUT2D eigenvalue weighted by atomic mass is 9.93. The molecule has 1 aliphatic rings. The van der Waals surface area contributed by atoms with Crippen molar-refractivity contribution in [1.82, 2.24) is 0 Å². The van der Waals surface area contributed by atoms with E-state index in [-0.39, 0.29) is 0 Å². The van der Waals surface area contributed by atoms with Crippen LogP contribution >= 0.6 is 0 Å². The summed E-state index contributed by atoms with van der Waals surface area (Å²) in [4.78, 5) is 0. The van der Waals surface area contributed by atoms with E-state index in [2.05, 4.69) is 43.3 Å². The molecule has 2 atom stereocenters. The van der Waals surface area contributed by atoms with E-state index in [0.717, 1.165) is 12.2 Å². The minimum absolute atomic E-state index is 0.299. The van der Waals surface area contributed by atoms with E-state index in [4.69, 9.17) is 4.74 Å². The Labute approximate surface area is 144 Å². The van der Waals surface area contributed by atoms with Crippen molar-refractivity contribution in [1.29, 1.82) is 0 Å². The van der Waals surface area contributed by atoms with Gasteiger partial charge in [0.2, 0.25) is 0 Å². The molecule has 2 aromatic rings. The van der Waals surface area contributed by atoms with Crippen LogP contribution in [0.4, 0.5) is 0 Å². The highest BCUT2D eigenvalue weighted by Crippen LogP contribution is 2.30. The number of allylic oxidation sites excluding steroid dienone is 1. The fourth-order valence-electron chi connectivity index (χ4n) is 3.12. The summed E-state index contributed by atoms with van der Waals surface area (Å²) in [5.74, 6) is 0.299. The van der Waals surface area contributed by atoms with Gasteiger partial charge >= 0.3 is 0 Å². The molecule has 0 bridgehead atoms. The zero-order valence-corrected chi connectivity index (χ0v) is 14.1. The van der Waals surface area contributed by atoms with E-state index in [0.29, 0.717) is 18.9 Å². The third kappa shape index (κ3) is 4.02. The van der Waals surface area contributed by atoms with Crippen LogP contribution in [0.5, 0.6) is 0 Å². The van der Waals surface area contributed by atoms with Crippen LogP contribution in [0.2, 0.25) is 0 Å². The van der Waals surface area contributed by atoms with E-state index >= 15 is 0 Å². The molecule has 0 spiro atoms. The first kappa shape index (κ1) is 16.7.